The van der Waals surface area contributed by atoms with E-state index in [0.29, 0.717) is 0 Å². The summed E-state index contributed by atoms with van der Waals surface area (Å²) in [7, 11) is 0. The van der Waals surface area contributed by atoms with E-state index in [1.165, 1.54) is 4.90 Å². The van der Waals surface area contributed by atoms with Crippen LogP contribution in [0, 0.1) is 0 Å². The number of hydrogen-bond donors (Lipinski definition) is 8. The molecule has 0 spiro atoms. The molecule has 2 aliphatic heterocycles. The molecule has 9 atom stereocenters. The smallest absolute Gasteiger partial charge is 0.288 e. The number of fused-ring (bicyclic) bond motifs is 1. The second-order valence-electron chi connectivity index (χ2n) is 6.51. The lowest BCUT2D eigenvalue weighted by atomic mass is 9.95. The summed E-state index contributed by atoms with van der Waals surface area (Å²) in [5.41, 5.74) is -2.28. The third kappa shape index (κ3) is 2.40. The molecule has 0 bridgehead atoms. The first-order valence-corrected chi connectivity index (χ1v) is 7.61. The van der Waals surface area contributed by atoms with Crippen LogP contribution in [-0.2, 0) is 4.74 Å². The summed E-state index contributed by atoms with van der Waals surface area (Å²) in [6, 6.07) is -2.30. The summed E-state index contributed by atoms with van der Waals surface area (Å²) in [6.45, 7) is -1.11. The zero-order valence-corrected chi connectivity index (χ0v) is 12.6. The molecule has 11 nitrogen and oxygen atoms in total. The van der Waals surface area contributed by atoms with Crippen molar-refractivity contribution in [3.63, 3.8) is 0 Å². The van der Waals surface area contributed by atoms with Crippen molar-refractivity contribution in [3.8, 4) is 0 Å². The number of nitrogens with zero attached hydrogens (tertiary/aromatic N) is 2. The molecular formula is C13H22N2O9. The third-order valence-electron chi connectivity index (χ3n) is 5.08. The average Bonchev–Trinajstić information content (AvgIpc) is 3.03. The minimum Gasteiger partial charge on any atom is -0.463 e. The maximum atomic E-state index is 10.3. The Morgan fingerprint density at radius 3 is 2.33 bits per heavy atom. The molecular weight excluding hydrogens is 328 g/mol. The molecule has 138 valence electrons. The summed E-state index contributed by atoms with van der Waals surface area (Å²) in [4.78, 5) is 5.36. The molecule has 3 aliphatic rings. The Kier molecular flexibility index (Phi) is 4.47. The van der Waals surface area contributed by atoms with E-state index in [0.717, 1.165) is 0 Å². The minimum absolute atomic E-state index is 0.0464. The van der Waals surface area contributed by atoms with Gasteiger partial charge in [0.1, 0.15) is 54.9 Å². The van der Waals surface area contributed by atoms with Crippen LogP contribution >= 0.6 is 0 Å². The van der Waals surface area contributed by atoms with Gasteiger partial charge in [-0.05, 0) is 0 Å². The monoisotopic (exact) mass is 350 g/mol. The van der Waals surface area contributed by atoms with E-state index in [1.807, 2.05) is 0 Å². The average molecular weight is 350 g/mol. The van der Waals surface area contributed by atoms with Crippen molar-refractivity contribution in [2.75, 3.05) is 19.8 Å². The lowest BCUT2D eigenvalue weighted by Gasteiger charge is -2.39. The molecule has 0 unspecified atom stereocenters. The van der Waals surface area contributed by atoms with Crippen LogP contribution in [0.3, 0.4) is 0 Å². The van der Waals surface area contributed by atoms with Gasteiger partial charge in [-0.1, -0.05) is 0 Å². The van der Waals surface area contributed by atoms with Crippen molar-refractivity contribution in [2.45, 2.75) is 54.3 Å². The number of aliphatic hydroxyl groups is 8. The van der Waals surface area contributed by atoms with Crippen LogP contribution in [0.2, 0.25) is 0 Å². The molecule has 0 aromatic heterocycles. The molecule has 0 aromatic carbocycles. The van der Waals surface area contributed by atoms with Crippen LogP contribution in [0.4, 0.5) is 0 Å². The highest BCUT2D eigenvalue weighted by Gasteiger charge is 2.60. The van der Waals surface area contributed by atoms with Gasteiger partial charge in [0.05, 0.1) is 19.2 Å². The Bertz CT molecular complexity index is 520. The number of aliphatic imine (C=N–C) groups is 1. The molecule has 2 heterocycles. The summed E-state index contributed by atoms with van der Waals surface area (Å²) in [6.07, 6.45) is -9.08. The molecule has 1 saturated carbocycles. The fourth-order valence-corrected chi connectivity index (χ4v) is 3.48. The summed E-state index contributed by atoms with van der Waals surface area (Å²) >= 11 is 0. The quantitative estimate of drug-likeness (QED) is 0.238. The highest BCUT2D eigenvalue weighted by atomic mass is 16.5. The Labute approximate surface area is 136 Å². The van der Waals surface area contributed by atoms with Crippen molar-refractivity contribution in [2.24, 2.45) is 4.99 Å². The predicted octanol–water partition coefficient (Wildman–Crippen LogP) is -5.67. The molecule has 3 fully saturated rings. The van der Waals surface area contributed by atoms with E-state index >= 15 is 0 Å². The zero-order valence-electron chi connectivity index (χ0n) is 12.6. The number of ether oxygens (including phenoxy) is 1. The van der Waals surface area contributed by atoms with E-state index in [9.17, 15) is 40.9 Å². The van der Waals surface area contributed by atoms with Crippen LogP contribution in [0.1, 0.15) is 0 Å². The highest BCUT2D eigenvalue weighted by Crippen LogP contribution is 2.35. The molecule has 0 amide bonds. The maximum absolute atomic E-state index is 10.3. The van der Waals surface area contributed by atoms with Gasteiger partial charge in [-0.25, -0.2) is 4.99 Å². The van der Waals surface area contributed by atoms with Crippen molar-refractivity contribution < 1.29 is 45.6 Å². The summed E-state index contributed by atoms with van der Waals surface area (Å²) in [5.74, 6) is 0. The maximum Gasteiger partial charge on any atom is 0.288 e. The van der Waals surface area contributed by atoms with Crippen molar-refractivity contribution in [1.29, 1.82) is 0 Å². The van der Waals surface area contributed by atoms with E-state index in [4.69, 9.17) is 4.74 Å². The first-order valence-electron chi connectivity index (χ1n) is 7.61. The van der Waals surface area contributed by atoms with E-state index in [2.05, 4.69) is 4.99 Å². The van der Waals surface area contributed by atoms with Gasteiger partial charge >= 0.3 is 0 Å². The van der Waals surface area contributed by atoms with Gasteiger partial charge in [0.25, 0.3) is 6.02 Å². The second kappa shape index (κ2) is 6.04. The number of rotatable bonds is 2. The Balaban J connectivity index is 1.89. The molecule has 3 rings (SSSR count). The zero-order chi connectivity index (χ0) is 17.8. The standard InChI is InChI=1S/C13H22N2O9/c16-3-13(23)10(8(20)9(21)11(13)22)14-12-15-1-5(17)7(19)6(18)4(15)2-24-12/h4-11,16-23H,1-3H2/t4-,5+,6-,7-,8-,9-,10-,11+,13+/m1/s1. The Hall–Kier alpha value is -1.05. The highest BCUT2D eigenvalue weighted by molar-refractivity contribution is 5.77. The van der Waals surface area contributed by atoms with Crippen LogP contribution in [0.5, 0.6) is 0 Å². The fourth-order valence-electron chi connectivity index (χ4n) is 3.48. The van der Waals surface area contributed by atoms with Gasteiger partial charge in [-0.3, -0.25) is 0 Å². The Morgan fingerprint density at radius 2 is 1.71 bits per heavy atom. The largest absolute Gasteiger partial charge is 0.463 e. The van der Waals surface area contributed by atoms with E-state index in [1.54, 1.807) is 0 Å². The normalized spacial score (nSPS) is 53.3. The first-order chi connectivity index (χ1) is 11.2. The topological polar surface area (TPSA) is 187 Å². The SMILES string of the molecule is OC[C@]1(O)[C@H](N=C2OC[C@@H]3[C@@H](O)[C@H](O)[C@@H](O)CN23)[C@H](O)[C@@H](O)[C@@H]1O. The fraction of sp³-hybridized carbons (Fsp3) is 0.923. The summed E-state index contributed by atoms with van der Waals surface area (Å²) in [5, 5.41) is 78.7. The number of piperidine rings is 1. The predicted molar refractivity (Wildman–Crippen MR) is 75.7 cm³/mol. The van der Waals surface area contributed by atoms with Crippen molar-refractivity contribution in [1.82, 2.24) is 4.90 Å². The van der Waals surface area contributed by atoms with Crippen LogP contribution < -0.4 is 0 Å². The number of aliphatic hydroxyl groups excluding tert-OH is 7. The Morgan fingerprint density at radius 1 is 1.04 bits per heavy atom. The van der Waals surface area contributed by atoms with Crippen molar-refractivity contribution >= 4 is 6.02 Å². The first kappa shape index (κ1) is 17.8. The minimum atomic E-state index is -2.28. The van der Waals surface area contributed by atoms with Gasteiger partial charge in [0.2, 0.25) is 0 Å². The molecule has 11 heteroatoms. The van der Waals surface area contributed by atoms with Crippen LogP contribution in [-0.4, -0.2) is 126 Å². The molecule has 0 aromatic rings. The van der Waals surface area contributed by atoms with Gasteiger partial charge in [0, 0.05) is 0 Å². The van der Waals surface area contributed by atoms with E-state index < -0.39 is 60.9 Å². The molecule has 24 heavy (non-hydrogen) atoms. The van der Waals surface area contributed by atoms with Gasteiger partial charge in [-0.2, -0.15) is 0 Å². The number of amidine groups is 1. The molecule has 0 radical (unpaired) electrons. The second-order valence-corrected chi connectivity index (χ2v) is 6.51. The van der Waals surface area contributed by atoms with Crippen LogP contribution in [0.15, 0.2) is 4.99 Å². The van der Waals surface area contributed by atoms with Crippen molar-refractivity contribution in [3.05, 3.63) is 0 Å². The summed E-state index contributed by atoms with van der Waals surface area (Å²) < 4.78 is 5.31. The number of hydrogen-bond acceptors (Lipinski definition) is 10. The van der Waals surface area contributed by atoms with E-state index in [-0.39, 0.29) is 19.2 Å². The lowest BCUT2D eigenvalue weighted by Crippen LogP contribution is -2.60. The van der Waals surface area contributed by atoms with Gasteiger partial charge < -0.3 is 50.5 Å². The lowest BCUT2D eigenvalue weighted by molar-refractivity contribution is -0.118. The molecule has 2 saturated heterocycles. The molecule has 8 N–H and O–H groups in total. The van der Waals surface area contributed by atoms with Gasteiger partial charge in [0.15, 0.2) is 0 Å². The van der Waals surface area contributed by atoms with Gasteiger partial charge in [-0.15, -0.1) is 0 Å². The third-order valence-corrected chi connectivity index (χ3v) is 5.08. The van der Waals surface area contributed by atoms with Crippen LogP contribution in [0.25, 0.3) is 0 Å². The molecule has 1 aliphatic carbocycles.